The standard InChI is InChI=1S/C19H22N4O2/c1-19(2,3)25-18(24)23-11-6-9-16(23)17-21-10-12-22(17)15-8-5-4-7-14(15)13-20/h4-5,7-8,10,12,16H,6,9,11H2,1-3H3/t16-/m0/s1. The number of nitrogens with zero attached hydrogens (tertiary/aromatic N) is 4. The van der Waals surface area contributed by atoms with E-state index in [1.54, 1.807) is 17.2 Å². The number of rotatable bonds is 2. The zero-order valence-corrected chi connectivity index (χ0v) is 14.8. The normalized spacial score (nSPS) is 17.4. The van der Waals surface area contributed by atoms with E-state index in [2.05, 4.69) is 11.1 Å². The Kier molecular flexibility index (Phi) is 4.49. The topological polar surface area (TPSA) is 71.2 Å². The number of ether oxygens (including phenoxy) is 1. The third-order valence-corrected chi connectivity index (χ3v) is 4.13. The highest BCUT2D eigenvalue weighted by Gasteiger charge is 2.35. The average molecular weight is 338 g/mol. The Morgan fingerprint density at radius 2 is 2.12 bits per heavy atom. The lowest BCUT2D eigenvalue weighted by Crippen LogP contribution is -2.37. The number of imidazole rings is 1. The summed E-state index contributed by atoms with van der Waals surface area (Å²) in [5.74, 6) is 0.756. The highest BCUT2D eigenvalue weighted by atomic mass is 16.6. The Bertz CT molecular complexity index is 813. The van der Waals surface area contributed by atoms with Gasteiger partial charge in [0.15, 0.2) is 0 Å². The van der Waals surface area contributed by atoms with Crippen LogP contribution in [0, 0.1) is 11.3 Å². The van der Waals surface area contributed by atoms with Crippen molar-refractivity contribution in [2.75, 3.05) is 6.54 Å². The minimum atomic E-state index is -0.535. The largest absolute Gasteiger partial charge is 0.444 e. The van der Waals surface area contributed by atoms with Crippen LogP contribution in [-0.2, 0) is 4.74 Å². The molecular formula is C19H22N4O2. The van der Waals surface area contributed by atoms with E-state index in [1.807, 2.05) is 49.7 Å². The van der Waals surface area contributed by atoms with Crippen molar-refractivity contribution in [2.45, 2.75) is 45.3 Å². The monoisotopic (exact) mass is 338 g/mol. The number of likely N-dealkylation sites (tertiary alicyclic amines) is 1. The van der Waals surface area contributed by atoms with Crippen LogP contribution in [0.1, 0.15) is 51.0 Å². The van der Waals surface area contributed by atoms with Crippen molar-refractivity contribution < 1.29 is 9.53 Å². The van der Waals surface area contributed by atoms with Gasteiger partial charge in [-0.3, -0.25) is 4.90 Å². The minimum absolute atomic E-state index is 0.156. The molecule has 0 saturated carbocycles. The number of amides is 1. The molecule has 25 heavy (non-hydrogen) atoms. The first-order valence-corrected chi connectivity index (χ1v) is 8.43. The maximum absolute atomic E-state index is 12.6. The van der Waals surface area contributed by atoms with Crippen LogP contribution < -0.4 is 0 Å². The average Bonchev–Trinajstić information content (AvgIpc) is 3.21. The molecule has 6 nitrogen and oxygen atoms in total. The fraction of sp³-hybridized carbons (Fsp3) is 0.421. The van der Waals surface area contributed by atoms with Crippen LogP contribution in [0.3, 0.4) is 0 Å². The predicted octanol–water partition coefficient (Wildman–Crippen LogP) is 3.82. The molecule has 1 fully saturated rings. The van der Waals surface area contributed by atoms with Crippen LogP contribution in [-0.4, -0.2) is 32.7 Å². The Morgan fingerprint density at radius 3 is 2.84 bits per heavy atom. The van der Waals surface area contributed by atoms with E-state index >= 15 is 0 Å². The van der Waals surface area contributed by atoms with Crippen molar-refractivity contribution in [2.24, 2.45) is 0 Å². The van der Waals surface area contributed by atoms with Crippen molar-refractivity contribution in [3.05, 3.63) is 48.0 Å². The summed E-state index contributed by atoms with van der Waals surface area (Å²) in [5.41, 5.74) is 0.810. The molecule has 1 aliphatic rings. The van der Waals surface area contributed by atoms with E-state index in [0.29, 0.717) is 12.1 Å². The number of nitriles is 1. The van der Waals surface area contributed by atoms with Gasteiger partial charge in [-0.15, -0.1) is 0 Å². The second-order valence-electron chi connectivity index (χ2n) is 7.12. The lowest BCUT2D eigenvalue weighted by molar-refractivity contribution is 0.0217. The highest BCUT2D eigenvalue weighted by Crippen LogP contribution is 2.33. The summed E-state index contributed by atoms with van der Waals surface area (Å²) in [7, 11) is 0. The summed E-state index contributed by atoms with van der Waals surface area (Å²) in [4.78, 5) is 18.8. The molecule has 1 aromatic heterocycles. The molecule has 0 spiro atoms. The van der Waals surface area contributed by atoms with E-state index in [9.17, 15) is 10.1 Å². The molecule has 1 atom stereocenters. The van der Waals surface area contributed by atoms with Crippen LogP contribution >= 0.6 is 0 Å². The number of benzene rings is 1. The molecule has 1 aromatic carbocycles. The molecule has 0 unspecified atom stereocenters. The summed E-state index contributed by atoms with van der Waals surface area (Å²) in [6.07, 6.45) is 4.94. The first-order valence-electron chi connectivity index (χ1n) is 8.43. The van der Waals surface area contributed by atoms with Crippen LogP contribution in [0.25, 0.3) is 5.69 Å². The summed E-state index contributed by atoms with van der Waals surface area (Å²) < 4.78 is 7.43. The zero-order chi connectivity index (χ0) is 18.0. The molecule has 0 aliphatic carbocycles. The molecule has 1 amide bonds. The molecule has 130 valence electrons. The number of para-hydroxylation sites is 1. The third kappa shape index (κ3) is 3.50. The second-order valence-corrected chi connectivity index (χ2v) is 7.12. The molecule has 1 aliphatic heterocycles. The molecule has 6 heteroatoms. The number of carbonyl (C=O) groups is 1. The van der Waals surface area contributed by atoms with Crippen molar-refractivity contribution >= 4 is 6.09 Å². The maximum Gasteiger partial charge on any atom is 0.410 e. The van der Waals surface area contributed by atoms with E-state index in [4.69, 9.17) is 4.74 Å². The van der Waals surface area contributed by atoms with Crippen LogP contribution in [0.15, 0.2) is 36.7 Å². The molecule has 1 saturated heterocycles. The Balaban J connectivity index is 1.94. The first-order chi connectivity index (χ1) is 11.9. The van der Waals surface area contributed by atoms with E-state index in [1.165, 1.54) is 0 Å². The molecule has 0 N–H and O–H groups in total. The van der Waals surface area contributed by atoms with Crippen LogP contribution in [0.2, 0.25) is 0 Å². The van der Waals surface area contributed by atoms with Crippen molar-refractivity contribution in [3.8, 4) is 11.8 Å². The van der Waals surface area contributed by atoms with Gasteiger partial charge in [0, 0.05) is 18.9 Å². The van der Waals surface area contributed by atoms with Gasteiger partial charge in [-0.2, -0.15) is 5.26 Å². The van der Waals surface area contributed by atoms with Gasteiger partial charge in [-0.1, -0.05) is 12.1 Å². The maximum atomic E-state index is 12.6. The quantitative estimate of drug-likeness (QED) is 0.834. The van der Waals surface area contributed by atoms with Gasteiger partial charge in [0.25, 0.3) is 0 Å². The SMILES string of the molecule is CC(C)(C)OC(=O)N1CCC[C@H]1c1nccn1-c1ccccc1C#N. The fourth-order valence-corrected chi connectivity index (χ4v) is 3.12. The number of aromatic nitrogens is 2. The Hall–Kier alpha value is -2.81. The predicted molar refractivity (Wildman–Crippen MR) is 93.2 cm³/mol. The van der Waals surface area contributed by atoms with Crippen molar-refractivity contribution in [1.29, 1.82) is 5.26 Å². The summed E-state index contributed by atoms with van der Waals surface area (Å²) in [5, 5.41) is 9.37. The van der Waals surface area contributed by atoms with Gasteiger partial charge in [0.2, 0.25) is 0 Å². The van der Waals surface area contributed by atoms with Crippen LogP contribution in [0.5, 0.6) is 0 Å². The molecule has 2 aromatic rings. The molecule has 0 radical (unpaired) electrons. The van der Waals surface area contributed by atoms with Crippen LogP contribution in [0.4, 0.5) is 4.79 Å². The van der Waals surface area contributed by atoms with Gasteiger partial charge in [0.05, 0.1) is 17.3 Å². The van der Waals surface area contributed by atoms with E-state index in [-0.39, 0.29) is 12.1 Å². The van der Waals surface area contributed by atoms with E-state index in [0.717, 1.165) is 24.4 Å². The number of hydrogen-bond donors (Lipinski definition) is 0. The Morgan fingerprint density at radius 1 is 1.36 bits per heavy atom. The number of hydrogen-bond acceptors (Lipinski definition) is 4. The van der Waals surface area contributed by atoms with E-state index < -0.39 is 5.60 Å². The molecule has 3 rings (SSSR count). The molecule has 0 bridgehead atoms. The summed E-state index contributed by atoms with van der Waals surface area (Å²) >= 11 is 0. The van der Waals surface area contributed by atoms with Crippen molar-refractivity contribution in [3.63, 3.8) is 0 Å². The van der Waals surface area contributed by atoms with Crippen molar-refractivity contribution in [1.82, 2.24) is 14.5 Å². The van der Waals surface area contributed by atoms with Gasteiger partial charge in [-0.05, 0) is 45.7 Å². The van der Waals surface area contributed by atoms with Gasteiger partial charge >= 0.3 is 6.09 Å². The lowest BCUT2D eigenvalue weighted by atomic mass is 10.1. The van der Waals surface area contributed by atoms with Gasteiger partial charge in [0.1, 0.15) is 17.5 Å². The number of carbonyl (C=O) groups excluding carboxylic acids is 1. The summed E-state index contributed by atoms with van der Waals surface area (Å²) in [6.45, 7) is 6.23. The highest BCUT2D eigenvalue weighted by molar-refractivity contribution is 5.69. The smallest absolute Gasteiger partial charge is 0.410 e. The fourth-order valence-electron chi connectivity index (χ4n) is 3.12. The zero-order valence-electron chi connectivity index (χ0n) is 14.8. The molecular weight excluding hydrogens is 316 g/mol. The first kappa shape index (κ1) is 17.0. The third-order valence-electron chi connectivity index (χ3n) is 4.13. The van der Waals surface area contributed by atoms with Gasteiger partial charge in [-0.25, -0.2) is 9.78 Å². The Labute approximate surface area is 147 Å². The summed E-state index contributed by atoms with van der Waals surface area (Å²) in [6, 6.07) is 9.44. The van der Waals surface area contributed by atoms with Gasteiger partial charge < -0.3 is 9.30 Å². The second kappa shape index (κ2) is 6.60. The molecule has 2 heterocycles. The lowest BCUT2D eigenvalue weighted by Gasteiger charge is -2.28. The minimum Gasteiger partial charge on any atom is -0.444 e.